The van der Waals surface area contributed by atoms with Gasteiger partial charge in [-0.3, -0.25) is 9.59 Å². The minimum Gasteiger partial charge on any atom is -0.458 e. The zero-order valence-corrected chi connectivity index (χ0v) is 32.0. The maximum absolute atomic E-state index is 15.4. The predicted molar refractivity (Wildman–Crippen MR) is 205 cm³/mol. The molecule has 7 rings (SSSR count). The topological polar surface area (TPSA) is 204 Å². The molecule has 0 unspecified atom stereocenters. The summed E-state index contributed by atoms with van der Waals surface area (Å²) in [7, 11) is 1.54. The normalized spacial score (nSPS) is 18.1. The van der Waals surface area contributed by atoms with Crippen LogP contribution in [0.5, 0.6) is 0 Å². The van der Waals surface area contributed by atoms with Crippen molar-refractivity contribution in [2.45, 2.75) is 84.0 Å². The van der Waals surface area contributed by atoms with Crippen molar-refractivity contribution in [3.05, 3.63) is 104 Å². The number of ether oxygens (including phenoxy) is 3. The van der Waals surface area contributed by atoms with Crippen LogP contribution >= 0.6 is 0 Å². The van der Waals surface area contributed by atoms with Gasteiger partial charge in [0.25, 0.3) is 5.56 Å². The van der Waals surface area contributed by atoms with Crippen LogP contribution in [0, 0.1) is 12.7 Å². The molecule has 0 spiro atoms. The Balaban J connectivity index is 1.21. The molecule has 0 saturated heterocycles. The van der Waals surface area contributed by atoms with E-state index >= 15 is 4.39 Å². The molecule has 0 fully saturated rings. The molecule has 16 heteroatoms. The van der Waals surface area contributed by atoms with E-state index < -0.39 is 53.1 Å². The molecule has 298 valence electrons. The van der Waals surface area contributed by atoms with Crippen molar-refractivity contribution in [2.75, 3.05) is 19.0 Å². The minimum absolute atomic E-state index is 0.0139. The van der Waals surface area contributed by atoms with Crippen molar-refractivity contribution in [3.8, 4) is 11.4 Å². The largest absolute Gasteiger partial charge is 0.458 e. The molecule has 0 saturated carbocycles. The molecule has 3 amide bonds. The lowest BCUT2D eigenvalue weighted by Crippen LogP contribution is -2.44. The van der Waals surface area contributed by atoms with Crippen LogP contribution in [0.1, 0.15) is 77.2 Å². The summed E-state index contributed by atoms with van der Waals surface area (Å²) in [5.41, 5.74) is 8.71. The molecule has 4 heterocycles. The van der Waals surface area contributed by atoms with Gasteiger partial charge >= 0.3 is 18.2 Å². The van der Waals surface area contributed by atoms with Crippen LogP contribution in [0.4, 0.5) is 19.7 Å². The number of nitrogens with one attached hydrogen (secondary N) is 2. The Morgan fingerprint density at radius 2 is 1.96 bits per heavy atom. The van der Waals surface area contributed by atoms with Crippen molar-refractivity contribution in [1.29, 1.82) is 0 Å². The molecule has 2 aromatic heterocycles. The van der Waals surface area contributed by atoms with Crippen molar-refractivity contribution < 1.29 is 42.9 Å². The van der Waals surface area contributed by atoms with E-state index in [0.29, 0.717) is 68.6 Å². The second-order valence-electron chi connectivity index (χ2n) is 14.6. The predicted octanol–water partition coefficient (Wildman–Crippen LogP) is 4.48. The van der Waals surface area contributed by atoms with Crippen LogP contribution in [-0.2, 0) is 62.1 Å². The van der Waals surface area contributed by atoms with E-state index in [2.05, 4.69) is 17.2 Å². The quantitative estimate of drug-likeness (QED) is 0.0884. The van der Waals surface area contributed by atoms with Gasteiger partial charge in [-0.05, 0) is 79.1 Å². The van der Waals surface area contributed by atoms with Gasteiger partial charge in [0.05, 0.1) is 41.1 Å². The lowest BCUT2D eigenvalue weighted by Gasteiger charge is -2.31. The van der Waals surface area contributed by atoms with Gasteiger partial charge < -0.3 is 45.2 Å². The number of nitrogens with two attached hydrogens (primary N) is 1. The Hall–Kier alpha value is -6.13. The molecule has 0 radical (unpaired) electrons. The number of hydrogen-bond donors (Lipinski definition) is 4. The number of amides is 3. The number of halogens is 1. The number of cyclic esters (lactones) is 1. The number of rotatable bonds is 10. The van der Waals surface area contributed by atoms with Gasteiger partial charge in [0.15, 0.2) is 5.60 Å². The van der Waals surface area contributed by atoms with Crippen LogP contribution < -0.4 is 21.9 Å². The Morgan fingerprint density at radius 3 is 2.68 bits per heavy atom. The summed E-state index contributed by atoms with van der Waals surface area (Å²) >= 11 is 0. The minimum atomic E-state index is -2.03. The smallest absolute Gasteiger partial charge is 0.410 e. The van der Waals surface area contributed by atoms with E-state index in [0.717, 1.165) is 5.56 Å². The lowest BCUT2D eigenvalue weighted by atomic mass is 9.81. The average Bonchev–Trinajstić information content (AvgIpc) is 3.56. The first-order chi connectivity index (χ1) is 27.2. The number of aliphatic hydroxyl groups is 1. The molecule has 1 aliphatic carbocycles. The number of alkyl carbamates (subject to hydrolysis) is 1. The first kappa shape index (κ1) is 39.1. The average molecular weight is 783 g/mol. The van der Waals surface area contributed by atoms with Crippen LogP contribution in [0.15, 0.2) is 47.8 Å². The molecule has 57 heavy (non-hydrogen) atoms. The third-order valence-corrected chi connectivity index (χ3v) is 11.0. The van der Waals surface area contributed by atoms with E-state index in [4.69, 9.17) is 24.9 Å². The lowest BCUT2D eigenvalue weighted by molar-refractivity contribution is -0.172. The summed E-state index contributed by atoms with van der Waals surface area (Å²) < 4.78 is 33.0. The van der Waals surface area contributed by atoms with Gasteiger partial charge in [0.1, 0.15) is 25.6 Å². The zero-order chi connectivity index (χ0) is 40.9. The van der Waals surface area contributed by atoms with Gasteiger partial charge in [-0.2, -0.15) is 0 Å². The fourth-order valence-corrected chi connectivity index (χ4v) is 7.83. The molecular weight excluding hydrogens is 739 g/mol. The van der Waals surface area contributed by atoms with Crippen molar-refractivity contribution >= 4 is 40.7 Å². The van der Waals surface area contributed by atoms with Crippen molar-refractivity contribution in [3.63, 3.8) is 0 Å². The Kier molecular flexibility index (Phi) is 10.3. The van der Waals surface area contributed by atoms with Gasteiger partial charge in [0, 0.05) is 41.9 Å². The Morgan fingerprint density at radius 1 is 1.19 bits per heavy atom. The number of pyridine rings is 2. The van der Waals surface area contributed by atoms with E-state index in [1.54, 1.807) is 45.0 Å². The van der Waals surface area contributed by atoms with Crippen LogP contribution in [0.2, 0.25) is 0 Å². The number of fused-ring (bicyclic) bond motifs is 5. The molecule has 2 aliphatic heterocycles. The Bertz CT molecular complexity index is 2450. The van der Waals surface area contributed by atoms with Crippen LogP contribution in [0.25, 0.3) is 22.3 Å². The van der Waals surface area contributed by atoms with E-state index in [9.17, 15) is 29.1 Å². The van der Waals surface area contributed by atoms with Gasteiger partial charge in [0.2, 0.25) is 5.91 Å². The molecule has 3 atom stereocenters. The van der Waals surface area contributed by atoms with E-state index in [1.165, 1.54) is 28.7 Å². The number of anilines is 1. The second kappa shape index (κ2) is 15.1. The molecule has 2 aromatic carbocycles. The molecule has 3 aliphatic rings. The highest BCUT2D eigenvalue weighted by molar-refractivity contribution is 5.95. The first-order valence-corrected chi connectivity index (χ1v) is 18.6. The van der Waals surface area contributed by atoms with E-state index in [-0.39, 0.29) is 50.5 Å². The van der Waals surface area contributed by atoms with Gasteiger partial charge in [-0.15, -0.1) is 0 Å². The second-order valence-corrected chi connectivity index (χ2v) is 14.6. The van der Waals surface area contributed by atoms with Crippen LogP contribution in [0.3, 0.4) is 0 Å². The summed E-state index contributed by atoms with van der Waals surface area (Å²) in [5.74, 6) is -1.70. The number of carbonyl (C=O) groups excluding carboxylic acids is 4. The molecular formula is C41H43FN6O9. The number of aromatic nitrogens is 2. The molecule has 4 aromatic rings. The highest BCUT2D eigenvalue weighted by Crippen LogP contribution is 2.46. The van der Waals surface area contributed by atoms with Gasteiger partial charge in [-0.25, -0.2) is 23.8 Å². The Labute approximate surface area is 326 Å². The summed E-state index contributed by atoms with van der Waals surface area (Å²) in [5, 5.41) is 17.7. The number of carbonyl (C=O) groups is 4. The SMILES string of the molecule is C=CCOC(=O)N(C)Cc1cc(NC(=O)[C@H](C)N)ccc1COC(=O)N[C@H]1CCc2c(C)c(F)cc3nc4c(c1c23)Cn1c-4cc2c(c1=O)COC(=O)[C@]2(O)CC. The number of nitrogens with zero attached hydrogens (tertiary/aromatic N) is 3. The van der Waals surface area contributed by atoms with Crippen LogP contribution in [-0.4, -0.2) is 63.3 Å². The number of benzene rings is 2. The maximum atomic E-state index is 15.4. The summed E-state index contributed by atoms with van der Waals surface area (Å²) in [4.78, 5) is 71.4. The fraction of sp³-hybridized carbons (Fsp3) is 0.366. The highest BCUT2D eigenvalue weighted by atomic mass is 19.1. The third-order valence-electron chi connectivity index (χ3n) is 11.0. The number of aryl methyl sites for hydroxylation is 1. The molecule has 15 nitrogen and oxygen atoms in total. The summed E-state index contributed by atoms with van der Waals surface area (Å²) in [6.45, 7) is 8.06. The molecule has 5 N–H and O–H groups in total. The van der Waals surface area contributed by atoms with Crippen molar-refractivity contribution in [1.82, 2.24) is 19.8 Å². The van der Waals surface area contributed by atoms with Crippen molar-refractivity contribution in [2.24, 2.45) is 5.73 Å². The highest BCUT2D eigenvalue weighted by Gasteiger charge is 2.46. The van der Waals surface area contributed by atoms with Gasteiger partial charge in [-0.1, -0.05) is 25.6 Å². The number of hydrogen-bond acceptors (Lipinski definition) is 11. The van der Waals surface area contributed by atoms with E-state index in [1.807, 2.05) is 0 Å². The zero-order valence-electron chi connectivity index (χ0n) is 32.0. The first-order valence-electron chi connectivity index (χ1n) is 18.6. The fourth-order valence-electron chi connectivity index (χ4n) is 7.83. The molecule has 0 bridgehead atoms. The monoisotopic (exact) mass is 782 g/mol. The number of esters is 1. The third kappa shape index (κ3) is 6.88. The summed E-state index contributed by atoms with van der Waals surface area (Å²) in [6, 6.07) is 6.49. The summed E-state index contributed by atoms with van der Waals surface area (Å²) in [6.07, 6.45) is 0.860. The maximum Gasteiger partial charge on any atom is 0.410 e. The standard InChI is InChI=1S/C41H43FN6O9/c1-6-12-55-40(53)47(5)16-23-13-24(44-36(49)21(4)43)9-8-22(23)18-57-39(52)46-30-11-10-25-20(3)29(42)15-31-33(25)34(30)26-17-48-32(35(26)45-31)14-28-27(37(48)50)19-56-38(51)41(28,54)7-2/h6,8-9,13-15,21,30,54H,1,7,10-12,16-19,43H2,2-5H3,(H,44,49)(H,46,52)/t21-,30-,41-/m0/s1.